The van der Waals surface area contributed by atoms with Gasteiger partial charge in [0, 0.05) is 18.4 Å². The highest BCUT2D eigenvalue weighted by Gasteiger charge is 2.04. The molecule has 0 unspecified atom stereocenters. The summed E-state index contributed by atoms with van der Waals surface area (Å²) in [5, 5.41) is 7.94. The molecule has 0 amide bonds. The number of nitrogens with zero attached hydrogens (tertiary/aromatic N) is 1. The topological polar surface area (TPSA) is 55.0 Å². The van der Waals surface area contributed by atoms with E-state index in [1.54, 1.807) is 12.1 Å². The number of nitrogens with one attached hydrogen (secondary N) is 1. The maximum absolute atomic E-state index is 10.7. The highest BCUT2D eigenvalue weighted by atomic mass is 127. The van der Waals surface area contributed by atoms with Crippen LogP contribution < -0.4 is 4.74 Å². The number of aromatic amines is 1. The molecule has 5 heteroatoms. The predicted octanol–water partition coefficient (Wildman–Crippen LogP) is 2.09. The zero-order valence-electron chi connectivity index (χ0n) is 7.37. The number of carbonyl (C=O) groups excluding carboxylic acids is 1. The quantitative estimate of drug-likeness (QED) is 0.498. The van der Waals surface area contributed by atoms with Crippen molar-refractivity contribution in [2.24, 2.45) is 0 Å². The summed E-state index contributed by atoms with van der Waals surface area (Å²) >= 11 is 2.16. The second kappa shape index (κ2) is 3.56. The van der Waals surface area contributed by atoms with Crippen LogP contribution in [0.15, 0.2) is 18.2 Å². The lowest BCUT2D eigenvalue weighted by molar-refractivity contribution is -0.131. The fourth-order valence-corrected chi connectivity index (χ4v) is 1.77. The van der Waals surface area contributed by atoms with Crippen LogP contribution in [0.5, 0.6) is 5.75 Å². The van der Waals surface area contributed by atoms with Crippen LogP contribution in [0, 0.1) is 3.70 Å². The van der Waals surface area contributed by atoms with E-state index in [-0.39, 0.29) is 5.97 Å². The fourth-order valence-electron chi connectivity index (χ4n) is 1.19. The standard InChI is InChI=1S/C9H7IN2O2/c1-5(13)14-6-2-3-7-8(4-6)11-12-9(7)10/h2-4H,1H3,(H,11,12). The summed E-state index contributed by atoms with van der Waals surface area (Å²) in [5.74, 6) is 0.197. The van der Waals surface area contributed by atoms with Crippen LogP contribution in [0.2, 0.25) is 0 Å². The molecule has 0 aliphatic carbocycles. The molecule has 1 N–H and O–H groups in total. The van der Waals surface area contributed by atoms with Gasteiger partial charge in [0.2, 0.25) is 0 Å². The van der Waals surface area contributed by atoms with Crippen molar-refractivity contribution in [3.63, 3.8) is 0 Å². The lowest BCUT2D eigenvalue weighted by Gasteiger charge is -1.99. The molecule has 1 aromatic carbocycles. The maximum atomic E-state index is 10.7. The van der Waals surface area contributed by atoms with E-state index >= 15 is 0 Å². The van der Waals surface area contributed by atoms with Crippen LogP contribution >= 0.6 is 22.6 Å². The van der Waals surface area contributed by atoms with Crippen LogP contribution in [0.3, 0.4) is 0 Å². The average molecular weight is 302 g/mol. The van der Waals surface area contributed by atoms with E-state index in [9.17, 15) is 4.79 Å². The van der Waals surface area contributed by atoms with Gasteiger partial charge in [0.1, 0.15) is 9.45 Å². The molecule has 1 aromatic heterocycles. The first kappa shape index (κ1) is 9.45. The van der Waals surface area contributed by atoms with Crippen molar-refractivity contribution >= 4 is 39.5 Å². The predicted molar refractivity (Wildman–Crippen MR) is 60.1 cm³/mol. The van der Waals surface area contributed by atoms with Crippen LogP contribution in [-0.4, -0.2) is 16.2 Å². The first-order valence-corrected chi connectivity index (χ1v) is 5.07. The minimum absolute atomic E-state index is 0.324. The Morgan fingerprint density at radius 3 is 3.07 bits per heavy atom. The van der Waals surface area contributed by atoms with Gasteiger partial charge in [-0.2, -0.15) is 5.10 Å². The molecule has 0 atom stereocenters. The molecule has 1 heterocycles. The van der Waals surface area contributed by atoms with Gasteiger partial charge in [0.15, 0.2) is 0 Å². The molecular weight excluding hydrogens is 295 g/mol. The molecule has 0 saturated carbocycles. The highest BCUT2D eigenvalue weighted by Crippen LogP contribution is 2.22. The summed E-state index contributed by atoms with van der Waals surface area (Å²) in [6.45, 7) is 1.37. The molecule has 14 heavy (non-hydrogen) atoms. The Hall–Kier alpha value is -1.11. The van der Waals surface area contributed by atoms with Gasteiger partial charge < -0.3 is 4.74 Å². The molecule has 0 radical (unpaired) electrons. The second-order valence-electron chi connectivity index (χ2n) is 2.81. The first-order valence-electron chi connectivity index (χ1n) is 3.99. The van der Waals surface area contributed by atoms with Crippen molar-refractivity contribution in [1.82, 2.24) is 10.2 Å². The maximum Gasteiger partial charge on any atom is 0.308 e. The van der Waals surface area contributed by atoms with Crippen LogP contribution in [0.25, 0.3) is 10.9 Å². The van der Waals surface area contributed by atoms with E-state index in [4.69, 9.17) is 4.74 Å². The first-order chi connectivity index (χ1) is 6.66. The van der Waals surface area contributed by atoms with E-state index < -0.39 is 0 Å². The molecule has 0 saturated heterocycles. The number of aromatic nitrogens is 2. The molecule has 0 spiro atoms. The Balaban J connectivity index is 2.46. The molecule has 72 valence electrons. The van der Waals surface area contributed by atoms with E-state index in [0.29, 0.717) is 5.75 Å². The van der Waals surface area contributed by atoms with Crippen molar-refractivity contribution in [2.45, 2.75) is 6.92 Å². The largest absolute Gasteiger partial charge is 0.427 e. The Kier molecular flexibility index (Phi) is 2.40. The van der Waals surface area contributed by atoms with Crippen molar-refractivity contribution in [3.05, 3.63) is 21.9 Å². The number of esters is 1. The molecule has 2 rings (SSSR count). The molecule has 4 nitrogen and oxygen atoms in total. The lowest BCUT2D eigenvalue weighted by Crippen LogP contribution is -2.00. The van der Waals surface area contributed by atoms with Gasteiger partial charge in [-0.3, -0.25) is 9.89 Å². The second-order valence-corrected chi connectivity index (χ2v) is 3.89. The van der Waals surface area contributed by atoms with Crippen LogP contribution in [0.4, 0.5) is 0 Å². The Bertz CT molecular complexity index is 493. The average Bonchev–Trinajstić information content (AvgIpc) is 2.46. The highest BCUT2D eigenvalue weighted by molar-refractivity contribution is 14.1. The van der Waals surface area contributed by atoms with Crippen molar-refractivity contribution in [3.8, 4) is 5.75 Å². The summed E-state index contributed by atoms with van der Waals surface area (Å²) in [6.07, 6.45) is 0. The smallest absolute Gasteiger partial charge is 0.308 e. The Morgan fingerprint density at radius 2 is 2.36 bits per heavy atom. The normalized spacial score (nSPS) is 10.4. The van der Waals surface area contributed by atoms with Gasteiger partial charge in [0.25, 0.3) is 0 Å². The van der Waals surface area contributed by atoms with Crippen LogP contribution in [-0.2, 0) is 4.79 Å². The van der Waals surface area contributed by atoms with E-state index in [0.717, 1.165) is 14.6 Å². The number of ether oxygens (including phenoxy) is 1. The van der Waals surface area contributed by atoms with Gasteiger partial charge in [-0.1, -0.05) is 0 Å². The summed E-state index contributed by atoms with van der Waals surface area (Å²) in [4.78, 5) is 10.7. The summed E-state index contributed by atoms with van der Waals surface area (Å²) < 4.78 is 5.91. The number of fused-ring (bicyclic) bond motifs is 1. The van der Waals surface area contributed by atoms with Crippen molar-refractivity contribution < 1.29 is 9.53 Å². The fraction of sp³-hybridized carbons (Fsp3) is 0.111. The van der Waals surface area contributed by atoms with Gasteiger partial charge in [0.05, 0.1) is 5.52 Å². The molecule has 0 aliphatic heterocycles. The number of benzene rings is 1. The van der Waals surface area contributed by atoms with Gasteiger partial charge in [-0.05, 0) is 34.7 Å². The SMILES string of the molecule is CC(=O)Oc1ccc2c(I)[nH]nc2c1. The minimum atomic E-state index is -0.324. The number of hydrogen-bond donors (Lipinski definition) is 1. The number of rotatable bonds is 1. The molecule has 0 aliphatic rings. The lowest BCUT2D eigenvalue weighted by atomic mass is 10.2. The zero-order valence-corrected chi connectivity index (χ0v) is 9.53. The van der Waals surface area contributed by atoms with Gasteiger partial charge >= 0.3 is 5.97 Å². The third kappa shape index (κ3) is 1.72. The number of hydrogen-bond acceptors (Lipinski definition) is 3. The molecule has 0 bridgehead atoms. The summed E-state index contributed by atoms with van der Waals surface area (Å²) in [5.41, 5.74) is 0.799. The third-order valence-corrected chi connectivity index (χ3v) is 2.56. The number of carbonyl (C=O) groups is 1. The third-order valence-electron chi connectivity index (χ3n) is 1.74. The zero-order chi connectivity index (χ0) is 10.1. The van der Waals surface area contributed by atoms with Crippen molar-refractivity contribution in [2.75, 3.05) is 0 Å². The van der Waals surface area contributed by atoms with Gasteiger partial charge in [-0.15, -0.1) is 0 Å². The summed E-state index contributed by atoms with van der Waals surface area (Å²) in [6, 6.07) is 5.36. The Morgan fingerprint density at radius 1 is 1.57 bits per heavy atom. The van der Waals surface area contributed by atoms with Crippen molar-refractivity contribution in [1.29, 1.82) is 0 Å². The Labute approximate surface area is 93.8 Å². The minimum Gasteiger partial charge on any atom is -0.427 e. The molecule has 0 fully saturated rings. The number of halogens is 1. The summed E-state index contributed by atoms with van der Waals surface area (Å²) in [7, 11) is 0. The van der Waals surface area contributed by atoms with Crippen LogP contribution in [0.1, 0.15) is 6.92 Å². The van der Waals surface area contributed by atoms with E-state index in [2.05, 4.69) is 32.8 Å². The monoisotopic (exact) mass is 302 g/mol. The van der Waals surface area contributed by atoms with Gasteiger partial charge in [-0.25, -0.2) is 0 Å². The molecule has 2 aromatic rings. The molecular formula is C9H7IN2O2. The number of H-pyrrole nitrogens is 1. The van der Waals surface area contributed by atoms with E-state index in [1.165, 1.54) is 6.92 Å². The van der Waals surface area contributed by atoms with E-state index in [1.807, 2.05) is 6.07 Å².